The highest BCUT2D eigenvalue weighted by Crippen LogP contribution is 2.35. The normalized spacial score (nSPS) is 16.4. The van der Waals surface area contributed by atoms with Crippen LogP contribution in [0, 0.1) is 13.8 Å². The molecule has 1 fully saturated rings. The summed E-state index contributed by atoms with van der Waals surface area (Å²) >= 11 is 0. The molecule has 0 aliphatic heterocycles. The molecule has 2 rings (SSSR count). The van der Waals surface area contributed by atoms with E-state index in [4.69, 9.17) is 4.74 Å². The smallest absolute Gasteiger partial charge is 0.309 e. The summed E-state index contributed by atoms with van der Waals surface area (Å²) < 4.78 is 4.83. The van der Waals surface area contributed by atoms with Gasteiger partial charge in [-0.15, -0.1) is 0 Å². The van der Waals surface area contributed by atoms with Gasteiger partial charge in [0.15, 0.2) is 0 Å². The maximum Gasteiger partial charge on any atom is 0.309 e. The molecule has 1 saturated carbocycles. The number of hydrogen-bond acceptors (Lipinski definition) is 2. The van der Waals surface area contributed by atoms with Crippen molar-refractivity contribution in [3.05, 3.63) is 34.4 Å². The van der Waals surface area contributed by atoms with Gasteiger partial charge in [0.1, 0.15) is 0 Å². The maximum absolute atomic E-state index is 11.6. The summed E-state index contributed by atoms with van der Waals surface area (Å²) in [6.07, 6.45) is 6.91. The second-order valence-electron chi connectivity index (χ2n) is 5.72. The van der Waals surface area contributed by atoms with Crippen molar-refractivity contribution < 1.29 is 9.53 Å². The van der Waals surface area contributed by atoms with Gasteiger partial charge in [-0.3, -0.25) is 4.79 Å². The Hall–Kier alpha value is -1.31. The number of rotatable bonds is 3. The lowest BCUT2D eigenvalue weighted by molar-refractivity contribution is -0.139. The minimum atomic E-state index is -0.139. The third kappa shape index (κ3) is 3.37. The van der Waals surface area contributed by atoms with E-state index in [1.54, 1.807) is 0 Å². The molecule has 2 nitrogen and oxygen atoms in total. The summed E-state index contributed by atoms with van der Waals surface area (Å²) in [7, 11) is 1.46. The van der Waals surface area contributed by atoms with Gasteiger partial charge in [-0.05, 0) is 54.9 Å². The van der Waals surface area contributed by atoms with E-state index in [9.17, 15) is 4.79 Å². The first kappa shape index (κ1) is 14.1. The van der Waals surface area contributed by atoms with Crippen LogP contribution in [0.25, 0.3) is 0 Å². The Morgan fingerprint density at radius 2 is 1.79 bits per heavy atom. The lowest BCUT2D eigenvalue weighted by Gasteiger charge is -2.25. The van der Waals surface area contributed by atoms with Gasteiger partial charge >= 0.3 is 5.97 Å². The Morgan fingerprint density at radius 1 is 1.16 bits per heavy atom. The molecule has 0 amide bonds. The molecule has 1 aliphatic carbocycles. The summed E-state index contributed by atoms with van der Waals surface area (Å²) in [5.74, 6) is 0.494. The Kier molecular flexibility index (Phi) is 4.62. The van der Waals surface area contributed by atoms with Gasteiger partial charge < -0.3 is 4.74 Å². The highest BCUT2D eigenvalue weighted by molar-refractivity contribution is 5.73. The lowest BCUT2D eigenvalue weighted by atomic mass is 9.80. The van der Waals surface area contributed by atoms with Crippen molar-refractivity contribution in [1.29, 1.82) is 0 Å². The average Bonchev–Trinajstić information content (AvgIpc) is 2.43. The van der Waals surface area contributed by atoms with Gasteiger partial charge in [0.25, 0.3) is 0 Å². The van der Waals surface area contributed by atoms with Gasteiger partial charge in [0.05, 0.1) is 13.5 Å². The van der Waals surface area contributed by atoms with Crippen molar-refractivity contribution in [2.45, 2.75) is 58.3 Å². The molecule has 1 aromatic rings. The zero-order valence-electron chi connectivity index (χ0n) is 12.3. The van der Waals surface area contributed by atoms with E-state index in [-0.39, 0.29) is 5.97 Å². The fraction of sp³-hybridized carbons (Fsp3) is 0.588. The molecule has 0 atom stereocenters. The van der Waals surface area contributed by atoms with Crippen LogP contribution in [0.15, 0.2) is 12.1 Å². The van der Waals surface area contributed by atoms with Crippen LogP contribution >= 0.6 is 0 Å². The van der Waals surface area contributed by atoms with Crippen LogP contribution in [-0.2, 0) is 16.0 Å². The summed E-state index contributed by atoms with van der Waals surface area (Å²) in [6.45, 7) is 4.27. The van der Waals surface area contributed by atoms with E-state index in [0.717, 1.165) is 0 Å². The monoisotopic (exact) mass is 260 g/mol. The second-order valence-corrected chi connectivity index (χ2v) is 5.72. The van der Waals surface area contributed by atoms with Gasteiger partial charge in [0.2, 0.25) is 0 Å². The van der Waals surface area contributed by atoms with Crippen molar-refractivity contribution in [3.8, 4) is 0 Å². The van der Waals surface area contributed by atoms with Crippen LogP contribution in [0.3, 0.4) is 0 Å². The fourth-order valence-corrected chi connectivity index (χ4v) is 3.07. The molecule has 19 heavy (non-hydrogen) atoms. The Balaban J connectivity index is 2.32. The molecule has 0 unspecified atom stereocenters. The molecular formula is C17H24O2. The predicted molar refractivity (Wildman–Crippen MR) is 77.5 cm³/mol. The molecule has 0 radical (unpaired) electrons. The fourth-order valence-electron chi connectivity index (χ4n) is 3.07. The molecule has 104 valence electrons. The number of aryl methyl sites for hydroxylation is 2. The highest BCUT2D eigenvalue weighted by Gasteiger charge is 2.20. The number of benzene rings is 1. The van der Waals surface area contributed by atoms with Crippen LogP contribution < -0.4 is 0 Å². The second kappa shape index (κ2) is 6.23. The summed E-state index contributed by atoms with van der Waals surface area (Å²) in [4.78, 5) is 11.6. The largest absolute Gasteiger partial charge is 0.469 e. The topological polar surface area (TPSA) is 26.3 Å². The standard InChI is InChI=1S/C17H24O2/c1-12-9-15(11-17(18)19-3)16(10-13(12)2)14-7-5-4-6-8-14/h9-10,14H,4-8,11H2,1-3H3. The van der Waals surface area contributed by atoms with Crippen molar-refractivity contribution in [3.63, 3.8) is 0 Å². The summed E-state index contributed by atoms with van der Waals surface area (Å²) in [5, 5.41) is 0. The highest BCUT2D eigenvalue weighted by atomic mass is 16.5. The minimum absolute atomic E-state index is 0.139. The quantitative estimate of drug-likeness (QED) is 0.766. The lowest BCUT2D eigenvalue weighted by Crippen LogP contribution is -2.12. The summed E-state index contributed by atoms with van der Waals surface area (Å²) in [6, 6.07) is 4.47. The zero-order chi connectivity index (χ0) is 13.8. The molecule has 1 aliphatic rings. The average molecular weight is 260 g/mol. The van der Waals surface area contributed by atoms with Gasteiger partial charge in [-0.2, -0.15) is 0 Å². The number of carbonyl (C=O) groups excluding carboxylic acids is 1. The molecule has 0 bridgehead atoms. The van der Waals surface area contributed by atoms with E-state index in [2.05, 4.69) is 26.0 Å². The predicted octanol–water partition coefficient (Wildman–Crippen LogP) is 4.07. The van der Waals surface area contributed by atoms with Crippen LogP contribution in [-0.4, -0.2) is 13.1 Å². The molecule has 0 heterocycles. The maximum atomic E-state index is 11.6. The molecule has 2 heteroatoms. The van der Waals surface area contributed by atoms with E-state index < -0.39 is 0 Å². The number of ether oxygens (including phenoxy) is 1. The molecular weight excluding hydrogens is 236 g/mol. The Labute approximate surface area is 116 Å². The molecule has 0 aromatic heterocycles. The number of methoxy groups -OCH3 is 1. The third-order valence-electron chi connectivity index (χ3n) is 4.36. The number of hydrogen-bond donors (Lipinski definition) is 0. The first-order valence-corrected chi connectivity index (χ1v) is 7.28. The van der Waals surface area contributed by atoms with Gasteiger partial charge in [-0.1, -0.05) is 31.4 Å². The van der Waals surface area contributed by atoms with Crippen LogP contribution in [0.1, 0.15) is 60.3 Å². The molecule has 0 N–H and O–H groups in total. The summed E-state index contributed by atoms with van der Waals surface area (Å²) in [5.41, 5.74) is 5.14. The van der Waals surface area contributed by atoms with Crippen molar-refractivity contribution in [2.75, 3.05) is 7.11 Å². The molecule has 0 spiro atoms. The number of esters is 1. The van der Waals surface area contributed by atoms with Crippen LogP contribution in [0.5, 0.6) is 0 Å². The van der Waals surface area contributed by atoms with Crippen LogP contribution in [0.4, 0.5) is 0 Å². The van der Waals surface area contributed by atoms with Gasteiger partial charge in [-0.25, -0.2) is 0 Å². The Morgan fingerprint density at radius 3 is 2.42 bits per heavy atom. The van der Waals surface area contributed by atoms with E-state index >= 15 is 0 Å². The van der Waals surface area contributed by atoms with E-state index in [0.29, 0.717) is 12.3 Å². The zero-order valence-corrected chi connectivity index (χ0v) is 12.3. The van der Waals surface area contributed by atoms with E-state index in [1.165, 1.54) is 61.5 Å². The third-order valence-corrected chi connectivity index (χ3v) is 4.36. The SMILES string of the molecule is COC(=O)Cc1cc(C)c(C)cc1C1CCCCC1. The van der Waals surface area contributed by atoms with Crippen molar-refractivity contribution >= 4 is 5.97 Å². The first-order chi connectivity index (χ1) is 9.11. The Bertz CT molecular complexity index is 457. The van der Waals surface area contributed by atoms with Crippen molar-refractivity contribution in [2.24, 2.45) is 0 Å². The van der Waals surface area contributed by atoms with E-state index in [1.807, 2.05) is 0 Å². The first-order valence-electron chi connectivity index (χ1n) is 7.28. The molecule has 0 saturated heterocycles. The van der Waals surface area contributed by atoms with Gasteiger partial charge in [0, 0.05) is 0 Å². The van der Waals surface area contributed by atoms with Crippen molar-refractivity contribution in [1.82, 2.24) is 0 Å². The molecule has 1 aromatic carbocycles. The van der Waals surface area contributed by atoms with Crippen LogP contribution in [0.2, 0.25) is 0 Å². The number of carbonyl (C=O) groups is 1. The minimum Gasteiger partial charge on any atom is -0.469 e.